The van der Waals surface area contributed by atoms with Crippen LogP contribution in [0.1, 0.15) is 25.3 Å². The Kier molecular flexibility index (Phi) is 3.00. The van der Waals surface area contributed by atoms with Crippen LogP contribution in [0.15, 0.2) is 41.5 Å². The third-order valence-electron chi connectivity index (χ3n) is 6.34. The van der Waals surface area contributed by atoms with Gasteiger partial charge in [-0.05, 0) is 66.8 Å². The lowest BCUT2D eigenvalue weighted by molar-refractivity contribution is -0.141. The lowest BCUT2D eigenvalue weighted by atomic mass is 9.85. The number of fused-ring (bicyclic) bond motifs is 3. The van der Waals surface area contributed by atoms with E-state index in [2.05, 4.69) is 17.3 Å². The number of benzene rings is 1. The largest absolute Gasteiger partial charge is 0.494 e. The van der Waals surface area contributed by atoms with E-state index in [0.29, 0.717) is 6.61 Å². The van der Waals surface area contributed by atoms with Gasteiger partial charge in [0.15, 0.2) is 0 Å². The summed E-state index contributed by atoms with van der Waals surface area (Å²) in [5.41, 5.74) is 1.06. The number of rotatable bonds is 4. The van der Waals surface area contributed by atoms with Crippen LogP contribution in [0.5, 0.6) is 5.75 Å². The van der Waals surface area contributed by atoms with Crippen molar-refractivity contribution in [1.82, 2.24) is 5.01 Å². The number of hydrogen-bond donors (Lipinski definition) is 0. The Hall–Kier alpha value is -2.43. The summed E-state index contributed by atoms with van der Waals surface area (Å²) in [6.07, 6.45) is 8.22. The third-order valence-corrected chi connectivity index (χ3v) is 6.34. The summed E-state index contributed by atoms with van der Waals surface area (Å²) in [6.45, 7) is 2.55. The Morgan fingerprint density at radius 2 is 1.72 bits per heavy atom. The maximum atomic E-state index is 12.8. The highest BCUT2D eigenvalue weighted by Crippen LogP contribution is 2.73. The first-order valence-electron chi connectivity index (χ1n) is 8.99. The minimum Gasteiger partial charge on any atom is -0.494 e. The number of allylic oxidation sites excluding steroid dienone is 2. The summed E-state index contributed by atoms with van der Waals surface area (Å²) < 4.78 is 5.41. The van der Waals surface area contributed by atoms with Crippen molar-refractivity contribution in [1.29, 1.82) is 0 Å². The van der Waals surface area contributed by atoms with E-state index in [4.69, 9.17) is 4.74 Å². The predicted octanol–water partition coefficient (Wildman–Crippen LogP) is 2.62. The highest BCUT2D eigenvalue weighted by Gasteiger charge is 2.73. The molecule has 0 N–H and O–H groups in total. The Labute approximate surface area is 146 Å². The average molecular weight is 336 g/mol. The predicted molar refractivity (Wildman–Crippen MR) is 91.8 cm³/mol. The Morgan fingerprint density at radius 3 is 2.24 bits per heavy atom. The zero-order valence-corrected chi connectivity index (χ0v) is 14.1. The van der Waals surface area contributed by atoms with E-state index in [1.54, 1.807) is 6.21 Å². The van der Waals surface area contributed by atoms with Crippen molar-refractivity contribution < 1.29 is 14.3 Å². The van der Waals surface area contributed by atoms with Crippen LogP contribution in [-0.2, 0) is 9.59 Å². The second-order valence-corrected chi connectivity index (χ2v) is 7.46. The van der Waals surface area contributed by atoms with E-state index in [0.717, 1.165) is 29.2 Å². The summed E-state index contributed by atoms with van der Waals surface area (Å²) >= 11 is 0. The molecule has 1 saturated heterocycles. The van der Waals surface area contributed by atoms with E-state index in [1.165, 1.54) is 0 Å². The lowest BCUT2D eigenvalue weighted by Crippen LogP contribution is -2.30. The summed E-state index contributed by atoms with van der Waals surface area (Å²) in [4.78, 5) is 25.6. The molecule has 3 aliphatic carbocycles. The maximum absolute atomic E-state index is 12.8. The van der Waals surface area contributed by atoms with Gasteiger partial charge in [-0.15, -0.1) is 0 Å². The van der Waals surface area contributed by atoms with Crippen molar-refractivity contribution in [3.05, 3.63) is 42.0 Å². The van der Waals surface area contributed by atoms with Crippen molar-refractivity contribution in [2.24, 2.45) is 34.2 Å². The van der Waals surface area contributed by atoms with Gasteiger partial charge in [-0.3, -0.25) is 9.59 Å². The van der Waals surface area contributed by atoms with Gasteiger partial charge in [0.1, 0.15) is 5.75 Å². The molecule has 1 spiro atoms. The number of nitrogens with zero attached hydrogens (tertiary/aromatic N) is 2. The van der Waals surface area contributed by atoms with E-state index in [1.807, 2.05) is 31.2 Å². The molecule has 2 saturated carbocycles. The molecule has 1 heterocycles. The molecule has 1 aromatic carbocycles. The molecular formula is C20H20N2O3. The van der Waals surface area contributed by atoms with Crippen LogP contribution in [0.3, 0.4) is 0 Å². The van der Waals surface area contributed by atoms with E-state index in [9.17, 15) is 9.59 Å². The topological polar surface area (TPSA) is 59.0 Å². The molecule has 3 fully saturated rings. The molecule has 0 unspecified atom stereocenters. The number of ether oxygens (including phenoxy) is 1. The lowest BCUT2D eigenvalue weighted by Gasteiger charge is -2.18. The van der Waals surface area contributed by atoms with Crippen LogP contribution in [0.4, 0.5) is 0 Å². The van der Waals surface area contributed by atoms with Gasteiger partial charge < -0.3 is 4.74 Å². The Morgan fingerprint density at radius 1 is 1.12 bits per heavy atom. The molecule has 5 heteroatoms. The third kappa shape index (κ3) is 1.92. The molecule has 5 rings (SSSR count). The first-order valence-corrected chi connectivity index (χ1v) is 8.99. The Balaban J connectivity index is 1.36. The summed E-state index contributed by atoms with van der Waals surface area (Å²) in [5.74, 6) is 0.639. The highest BCUT2D eigenvalue weighted by atomic mass is 16.5. The molecule has 1 aliphatic heterocycles. The fourth-order valence-electron chi connectivity index (χ4n) is 5.12. The molecule has 2 bridgehead atoms. The monoisotopic (exact) mass is 336 g/mol. The van der Waals surface area contributed by atoms with Gasteiger partial charge in [0.2, 0.25) is 0 Å². The minimum absolute atomic E-state index is 0.125. The minimum atomic E-state index is -0.192. The first kappa shape index (κ1) is 14.9. The number of hydrogen-bond acceptors (Lipinski definition) is 4. The quantitative estimate of drug-likeness (QED) is 0.482. The molecule has 2 amide bonds. The zero-order chi connectivity index (χ0) is 17.2. The number of carbonyl (C=O) groups excluding carboxylic acids is 2. The highest BCUT2D eigenvalue weighted by molar-refractivity contribution is 6.07. The van der Waals surface area contributed by atoms with Crippen LogP contribution in [0, 0.1) is 29.1 Å². The van der Waals surface area contributed by atoms with Crippen LogP contribution in [-0.4, -0.2) is 29.6 Å². The maximum Gasteiger partial charge on any atom is 0.254 e. The standard InChI is InChI=1S/C20H20N2O3/c1-2-25-13-5-3-12(4-6-13)11-21-22-18(23)16-14-7-8-15(17(16)19(22)24)20(14)9-10-20/h3-8,11,14-17H,2,9-10H2,1H3/b21-11-/t14-,15-,16-,17+/m1/s1. The van der Waals surface area contributed by atoms with Crippen LogP contribution >= 0.6 is 0 Å². The van der Waals surface area contributed by atoms with Gasteiger partial charge in [0, 0.05) is 0 Å². The van der Waals surface area contributed by atoms with Crippen LogP contribution < -0.4 is 4.74 Å². The normalized spacial score (nSPS) is 33.7. The number of carbonyl (C=O) groups is 2. The summed E-state index contributed by atoms with van der Waals surface area (Å²) in [7, 11) is 0. The van der Waals surface area contributed by atoms with Crippen LogP contribution in [0.25, 0.3) is 0 Å². The van der Waals surface area contributed by atoms with Crippen molar-refractivity contribution in [2.75, 3.05) is 6.61 Å². The fourth-order valence-corrected chi connectivity index (χ4v) is 5.12. The van der Waals surface area contributed by atoms with Gasteiger partial charge in [-0.2, -0.15) is 10.1 Å². The van der Waals surface area contributed by atoms with Crippen molar-refractivity contribution in [3.63, 3.8) is 0 Å². The van der Waals surface area contributed by atoms with Gasteiger partial charge >= 0.3 is 0 Å². The molecule has 25 heavy (non-hydrogen) atoms. The molecule has 4 atom stereocenters. The second kappa shape index (κ2) is 5.04. The molecule has 0 aromatic heterocycles. The first-order chi connectivity index (χ1) is 12.2. The van der Waals surface area contributed by atoms with E-state index < -0.39 is 0 Å². The zero-order valence-electron chi connectivity index (χ0n) is 14.1. The summed E-state index contributed by atoms with van der Waals surface area (Å²) in [6, 6.07) is 7.44. The molecule has 1 aromatic rings. The Bertz CT molecular complexity index is 773. The molecule has 5 nitrogen and oxygen atoms in total. The summed E-state index contributed by atoms with van der Waals surface area (Å²) in [5, 5.41) is 5.32. The van der Waals surface area contributed by atoms with Crippen molar-refractivity contribution in [3.8, 4) is 5.75 Å². The average Bonchev–Trinajstić information content (AvgIpc) is 3.22. The molecule has 128 valence electrons. The second-order valence-electron chi connectivity index (χ2n) is 7.46. The number of imide groups is 1. The van der Waals surface area contributed by atoms with E-state index >= 15 is 0 Å². The van der Waals surface area contributed by atoms with Crippen molar-refractivity contribution in [2.45, 2.75) is 19.8 Å². The van der Waals surface area contributed by atoms with Gasteiger partial charge in [0.05, 0.1) is 24.7 Å². The fraction of sp³-hybridized carbons (Fsp3) is 0.450. The SMILES string of the molecule is CCOc1ccc(/C=N\N2C(=O)[C@@H]3[C@H](C2=O)[C@H]2C=C[C@H]3C23CC3)cc1. The van der Waals surface area contributed by atoms with E-state index in [-0.39, 0.29) is 40.9 Å². The van der Waals surface area contributed by atoms with Gasteiger partial charge in [-0.25, -0.2) is 0 Å². The molecule has 4 aliphatic rings. The number of hydrazone groups is 1. The van der Waals surface area contributed by atoms with Gasteiger partial charge in [-0.1, -0.05) is 12.2 Å². The van der Waals surface area contributed by atoms with Crippen molar-refractivity contribution >= 4 is 18.0 Å². The smallest absolute Gasteiger partial charge is 0.254 e. The van der Waals surface area contributed by atoms with Crippen LogP contribution in [0.2, 0.25) is 0 Å². The molecule has 0 radical (unpaired) electrons. The van der Waals surface area contributed by atoms with Gasteiger partial charge in [0.25, 0.3) is 11.8 Å². The molecular weight excluding hydrogens is 316 g/mol. The number of amides is 2.